The van der Waals surface area contributed by atoms with E-state index < -0.39 is 9.05 Å². The molecule has 104 valence electrons. The van der Waals surface area contributed by atoms with Crippen LogP contribution in [-0.4, -0.2) is 19.3 Å². The van der Waals surface area contributed by atoms with Crippen molar-refractivity contribution in [2.24, 2.45) is 0 Å². The first-order chi connectivity index (χ1) is 9.38. The van der Waals surface area contributed by atoms with Crippen LogP contribution in [0.1, 0.15) is 15.9 Å². The molecule has 0 aliphatic heterocycles. The van der Waals surface area contributed by atoms with Gasteiger partial charge in [0.1, 0.15) is 0 Å². The molecule has 2 rings (SSSR count). The maximum Gasteiger partial charge on any atom is 0.261 e. The van der Waals surface area contributed by atoms with E-state index in [9.17, 15) is 13.2 Å². The van der Waals surface area contributed by atoms with E-state index in [4.69, 9.17) is 10.7 Å². The van der Waals surface area contributed by atoms with Gasteiger partial charge in [-0.05, 0) is 42.8 Å². The number of rotatable bonds is 3. The first-order valence-corrected chi connectivity index (χ1v) is 7.95. The molecule has 20 heavy (non-hydrogen) atoms. The summed E-state index contributed by atoms with van der Waals surface area (Å²) in [4.78, 5) is 15.8. The Morgan fingerprint density at radius 3 is 2.60 bits per heavy atom. The lowest BCUT2D eigenvalue weighted by molar-refractivity contribution is 0.102. The number of hydrogen-bond acceptors (Lipinski definition) is 4. The summed E-state index contributed by atoms with van der Waals surface area (Å²) in [6.45, 7) is 1.61. The summed E-state index contributed by atoms with van der Waals surface area (Å²) in [6, 6.07) is 7.67. The standard InChI is InChI=1S/C13H11ClN2O3S/c1-9-7-11(4-5-12(9)20(14,18)19)16-13(17)10-3-2-6-15-8-10/h2-8H,1H3,(H,16,17). The first-order valence-electron chi connectivity index (χ1n) is 5.64. The van der Waals surface area contributed by atoms with Gasteiger partial charge in [-0.2, -0.15) is 0 Å². The Morgan fingerprint density at radius 1 is 1.30 bits per heavy atom. The lowest BCUT2D eigenvalue weighted by Gasteiger charge is -2.08. The lowest BCUT2D eigenvalue weighted by Crippen LogP contribution is -2.12. The maximum atomic E-state index is 11.9. The molecule has 5 nitrogen and oxygen atoms in total. The number of anilines is 1. The molecule has 0 aliphatic rings. The van der Waals surface area contributed by atoms with Gasteiger partial charge in [-0.1, -0.05) is 0 Å². The van der Waals surface area contributed by atoms with E-state index in [2.05, 4.69) is 10.3 Å². The van der Waals surface area contributed by atoms with Gasteiger partial charge >= 0.3 is 0 Å². The zero-order valence-corrected chi connectivity index (χ0v) is 12.1. The molecule has 2 aromatic rings. The highest BCUT2D eigenvalue weighted by Gasteiger charge is 2.14. The number of carbonyl (C=O) groups excluding carboxylic acids is 1. The van der Waals surface area contributed by atoms with Crippen LogP contribution < -0.4 is 5.32 Å². The number of amides is 1. The van der Waals surface area contributed by atoms with Gasteiger partial charge in [0, 0.05) is 28.8 Å². The minimum atomic E-state index is -3.78. The minimum Gasteiger partial charge on any atom is -0.322 e. The average Bonchev–Trinajstić information content (AvgIpc) is 2.38. The second kappa shape index (κ2) is 5.60. The van der Waals surface area contributed by atoms with Crippen molar-refractivity contribution in [1.82, 2.24) is 4.98 Å². The molecule has 0 radical (unpaired) electrons. The number of pyridine rings is 1. The lowest BCUT2D eigenvalue weighted by atomic mass is 10.2. The molecule has 0 spiro atoms. The average molecular weight is 311 g/mol. The minimum absolute atomic E-state index is 0.0264. The largest absolute Gasteiger partial charge is 0.322 e. The second-order valence-electron chi connectivity index (χ2n) is 4.11. The van der Waals surface area contributed by atoms with E-state index in [1.54, 1.807) is 31.3 Å². The van der Waals surface area contributed by atoms with Crippen molar-refractivity contribution in [3.8, 4) is 0 Å². The molecule has 1 aromatic heterocycles. The Morgan fingerprint density at radius 2 is 2.05 bits per heavy atom. The van der Waals surface area contributed by atoms with Gasteiger partial charge in [-0.15, -0.1) is 0 Å². The van der Waals surface area contributed by atoms with Crippen LogP contribution >= 0.6 is 10.7 Å². The fraction of sp³-hybridized carbons (Fsp3) is 0.0769. The molecule has 1 aromatic carbocycles. The molecule has 0 atom stereocenters. The Labute approximate surface area is 121 Å². The summed E-state index contributed by atoms with van der Waals surface area (Å²) < 4.78 is 22.6. The molecule has 0 saturated carbocycles. The van der Waals surface area contributed by atoms with E-state index in [1.807, 2.05) is 0 Å². The normalized spacial score (nSPS) is 11.1. The van der Waals surface area contributed by atoms with E-state index in [-0.39, 0.29) is 10.8 Å². The third kappa shape index (κ3) is 3.34. The van der Waals surface area contributed by atoms with E-state index in [0.29, 0.717) is 16.8 Å². The number of aryl methyl sites for hydroxylation is 1. The van der Waals surface area contributed by atoms with Crippen molar-refractivity contribution in [3.63, 3.8) is 0 Å². The predicted octanol–water partition coefficient (Wildman–Crippen LogP) is 2.57. The van der Waals surface area contributed by atoms with Crippen LogP contribution in [0.25, 0.3) is 0 Å². The van der Waals surface area contributed by atoms with Crippen LogP contribution in [0, 0.1) is 6.92 Å². The summed E-state index contributed by atoms with van der Waals surface area (Å²) >= 11 is 0. The second-order valence-corrected chi connectivity index (χ2v) is 6.65. The molecular formula is C13H11ClN2O3S. The van der Waals surface area contributed by atoms with Crippen molar-refractivity contribution in [3.05, 3.63) is 53.9 Å². The van der Waals surface area contributed by atoms with Gasteiger partial charge in [0.2, 0.25) is 0 Å². The fourth-order valence-corrected chi connectivity index (χ4v) is 2.89. The summed E-state index contributed by atoms with van der Waals surface area (Å²) in [5.74, 6) is -0.320. The van der Waals surface area contributed by atoms with Crippen molar-refractivity contribution in [2.45, 2.75) is 11.8 Å². The van der Waals surface area contributed by atoms with Gasteiger partial charge in [-0.25, -0.2) is 8.42 Å². The topological polar surface area (TPSA) is 76.1 Å². The van der Waals surface area contributed by atoms with Crippen LogP contribution in [0.5, 0.6) is 0 Å². The van der Waals surface area contributed by atoms with Gasteiger partial charge in [0.15, 0.2) is 0 Å². The SMILES string of the molecule is Cc1cc(NC(=O)c2cccnc2)ccc1S(=O)(=O)Cl. The first kappa shape index (κ1) is 14.5. The van der Waals surface area contributed by atoms with E-state index in [1.165, 1.54) is 18.3 Å². The number of halogens is 1. The van der Waals surface area contributed by atoms with Crippen LogP contribution in [0.4, 0.5) is 5.69 Å². The molecule has 0 fully saturated rings. The highest BCUT2D eigenvalue weighted by atomic mass is 35.7. The van der Waals surface area contributed by atoms with Gasteiger partial charge in [0.25, 0.3) is 15.0 Å². The van der Waals surface area contributed by atoms with Crippen molar-refractivity contribution >= 4 is 31.3 Å². The molecule has 1 amide bonds. The van der Waals surface area contributed by atoms with Crippen molar-refractivity contribution < 1.29 is 13.2 Å². The summed E-state index contributed by atoms with van der Waals surface area (Å²) in [7, 11) is 1.51. The molecular weight excluding hydrogens is 300 g/mol. The van der Waals surface area contributed by atoms with Crippen LogP contribution in [0.2, 0.25) is 0 Å². The smallest absolute Gasteiger partial charge is 0.261 e. The summed E-state index contributed by atoms with van der Waals surface area (Å²) in [5, 5.41) is 2.66. The van der Waals surface area contributed by atoms with Crippen LogP contribution in [0.15, 0.2) is 47.6 Å². The Hall–Kier alpha value is -1.92. The Bertz CT molecular complexity index is 745. The van der Waals surface area contributed by atoms with Crippen molar-refractivity contribution in [2.75, 3.05) is 5.32 Å². The number of carbonyl (C=O) groups is 1. The predicted molar refractivity (Wildman–Crippen MR) is 76.4 cm³/mol. The van der Waals surface area contributed by atoms with Crippen LogP contribution in [-0.2, 0) is 9.05 Å². The molecule has 0 bridgehead atoms. The molecule has 1 heterocycles. The number of nitrogens with zero attached hydrogens (tertiary/aromatic N) is 1. The van der Waals surface area contributed by atoms with Crippen molar-refractivity contribution in [1.29, 1.82) is 0 Å². The fourth-order valence-electron chi connectivity index (χ4n) is 1.70. The van der Waals surface area contributed by atoms with Gasteiger partial charge in [0.05, 0.1) is 10.5 Å². The number of benzene rings is 1. The quantitative estimate of drug-likeness (QED) is 0.884. The number of hydrogen-bond donors (Lipinski definition) is 1. The number of nitrogens with one attached hydrogen (secondary N) is 1. The highest BCUT2D eigenvalue weighted by molar-refractivity contribution is 8.13. The van der Waals surface area contributed by atoms with E-state index >= 15 is 0 Å². The zero-order chi connectivity index (χ0) is 14.8. The highest BCUT2D eigenvalue weighted by Crippen LogP contribution is 2.23. The zero-order valence-electron chi connectivity index (χ0n) is 10.5. The van der Waals surface area contributed by atoms with Crippen LogP contribution in [0.3, 0.4) is 0 Å². The molecule has 0 saturated heterocycles. The maximum absolute atomic E-state index is 11.9. The Kier molecular flexibility index (Phi) is 4.06. The van der Waals surface area contributed by atoms with E-state index in [0.717, 1.165) is 0 Å². The molecule has 1 N–H and O–H groups in total. The Balaban J connectivity index is 2.24. The monoisotopic (exact) mass is 310 g/mol. The number of aromatic nitrogens is 1. The summed E-state index contributed by atoms with van der Waals surface area (Å²) in [6.07, 6.45) is 3.01. The molecule has 7 heteroatoms. The third-order valence-corrected chi connectivity index (χ3v) is 4.10. The molecule has 0 unspecified atom stereocenters. The molecule has 0 aliphatic carbocycles. The van der Waals surface area contributed by atoms with Gasteiger partial charge < -0.3 is 5.32 Å². The summed E-state index contributed by atoms with van der Waals surface area (Å²) in [5.41, 5.74) is 1.36. The van der Waals surface area contributed by atoms with Gasteiger partial charge in [-0.3, -0.25) is 9.78 Å². The third-order valence-electron chi connectivity index (χ3n) is 2.62.